The molecule has 20 heavy (non-hydrogen) atoms. The molecule has 0 radical (unpaired) electrons. The van der Waals surface area contributed by atoms with Gasteiger partial charge in [-0.1, -0.05) is 18.2 Å². The molecule has 3 unspecified atom stereocenters. The van der Waals surface area contributed by atoms with Gasteiger partial charge in [-0.05, 0) is 43.5 Å². The van der Waals surface area contributed by atoms with Gasteiger partial charge in [0, 0.05) is 19.1 Å². The van der Waals surface area contributed by atoms with Crippen LogP contribution < -0.4 is 5.32 Å². The van der Waals surface area contributed by atoms with Crippen molar-refractivity contribution in [2.45, 2.75) is 25.7 Å². The van der Waals surface area contributed by atoms with Crippen molar-refractivity contribution in [2.24, 2.45) is 11.8 Å². The molecule has 110 valence electrons. The van der Waals surface area contributed by atoms with Gasteiger partial charge in [-0.25, -0.2) is 0 Å². The standard InChI is InChI=1S/C15H19F3N2/c1-10-14-7-19-6-12(14)9-20(10)8-11-3-2-4-13(5-11)15(16,17)18/h2-5,10,12,14,19H,6-9H2,1H3. The zero-order chi connectivity index (χ0) is 14.3. The zero-order valence-corrected chi connectivity index (χ0v) is 11.5. The van der Waals surface area contributed by atoms with Crippen LogP contribution in [0, 0.1) is 11.8 Å². The van der Waals surface area contributed by atoms with E-state index in [-0.39, 0.29) is 0 Å². The van der Waals surface area contributed by atoms with E-state index >= 15 is 0 Å². The molecule has 0 bridgehead atoms. The molecular weight excluding hydrogens is 265 g/mol. The molecule has 2 aliphatic rings. The third-order valence-electron chi connectivity index (χ3n) is 4.70. The predicted molar refractivity (Wildman–Crippen MR) is 71.2 cm³/mol. The van der Waals surface area contributed by atoms with Crippen molar-refractivity contribution in [3.63, 3.8) is 0 Å². The van der Waals surface area contributed by atoms with E-state index in [1.54, 1.807) is 6.07 Å². The minimum atomic E-state index is -4.26. The number of nitrogens with zero attached hydrogens (tertiary/aromatic N) is 1. The molecule has 2 aliphatic heterocycles. The highest BCUT2D eigenvalue weighted by atomic mass is 19.4. The van der Waals surface area contributed by atoms with Gasteiger partial charge in [0.05, 0.1) is 5.56 Å². The summed E-state index contributed by atoms with van der Waals surface area (Å²) in [4.78, 5) is 2.31. The summed E-state index contributed by atoms with van der Waals surface area (Å²) >= 11 is 0. The largest absolute Gasteiger partial charge is 0.416 e. The van der Waals surface area contributed by atoms with E-state index in [2.05, 4.69) is 17.1 Å². The van der Waals surface area contributed by atoms with Crippen LogP contribution in [0.1, 0.15) is 18.1 Å². The number of hydrogen-bond acceptors (Lipinski definition) is 2. The fourth-order valence-corrected chi connectivity index (χ4v) is 3.55. The normalized spacial score (nSPS) is 30.7. The lowest BCUT2D eigenvalue weighted by atomic mass is 9.95. The lowest BCUT2D eigenvalue weighted by Crippen LogP contribution is -2.32. The van der Waals surface area contributed by atoms with Crippen molar-refractivity contribution in [2.75, 3.05) is 19.6 Å². The number of benzene rings is 1. The fraction of sp³-hybridized carbons (Fsp3) is 0.600. The quantitative estimate of drug-likeness (QED) is 0.898. The second-order valence-electron chi connectivity index (χ2n) is 5.95. The Morgan fingerprint density at radius 3 is 2.80 bits per heavy atom. The molecule has 1 N–H and O–H groups in total. The average Bonchev–Trinajstić information content (AvgIpc) is 2.94. The maximum atomic E-state index is 12.7. The van der Waals surface area contributed by atoms with E-state index in [0.29, 0.717) is 24.4 Å². The van der Waals surface area contributed by atoms with Gasteiger partial charge in [0.1, 0.15) is 0 Å². The number of halogens is 3. The molecule has 1 aromatic carbocycles. The molecule has 3 rings (SSSR count). The van der Waals surface area contributed by atoms with E-state index in [9.17, 15) is 13.2 Å². The number of rotatable bonds is 2. The van der Waals surface area contributed by atoms with E-state index in [4.69, 9.17) is 0 Å². The summed E-state index contributed by atoms with van der Waals surface area (Å²) in [5, 5.41) is 3.39. The number of nitrogens with one attached hydrogen (secondary N) is 1. The van der Waals surface area contributed by atoms with Gasteiger partial charge in [-0.3, -0.25) is 4.90 Å². The summed E-state index contributed by atoms with van der Waals surface area (Å²) in [6.07, 6.45) is -4.26. The SMILES string of the molecule is CC1C2CNCC2CN1Cc1cccc(C(F)(F)F)c1. The number of alkyl halides is 3. The Bertz CT molecular complexity index is 486. The molecule has 0 amide bonds. The van der Waals surface area contributed by atoms with Crippen LogP contribution in [0.15, 0.2) is 24.3 Å². The van der Waals surface area contributed by atoms with Crippen molar-refractivity contribution >= 4 is 0 Å². The fourth-order valence-electron chi connectivity index (χ4n) is 3.55. The van der Waals surface area contributed by atoms with Gasteiger partial charge in [0.15, 0.2) is 0 Å². The molecule has 0 saturated carbocycles. The predicted octanol–water partition coefficient (Wildman–Crippen LogP) is 2.75. The first-order valence-electron chi connectivity index (χ1n) is 7.06. The van der Waals surface area contributed by atoms with Crippen LogP contribution in [0.3, 0.4) is 0 Å². The van der Waals surface area contributed by atoms with Crippen LogP contribution >= 0.6 is 0 Å². The number of hydrogen-bond donors (Lipinski definition) is 1. The van der Waals surface area contributed by atoms with E-state index in [1.807, 2.05) is 0 Å². The third-order valence-corrected chi connectivity index (χ3v) is 4.70. The molecule has 2 fully saturated rings. The van der Waals surface area contributed by atoms with Crippen LogP contribution in [0.4, 0.5) is 13.2 Å². The van der Waals surface area contributed by atoms with E-state index < -0.39 is 11.7 Å². The van der Waals surface area contributed by atoms with Crippen molar-refractivity contribution in [3.05, 3.63) is 35.4 Å². The van der Waals surface area contributed by atoms with Gasteiger partial charge in [0.25, 0.3) is 0 Å². The molecule has 0 aliphatic carbocycles. The van der Waals surface area contributed by atoms with Crippen molar-refractivity contribution in [1.29, 1.82) is 0 Å². The monoisotopic (exact) mass is 284 g/mol. The van der Waals surface area contributed by atoms with Gasteiger partial charge < -0.3 is 5.32 Å². The Hall–Kier alpha value is -1.07. The summed E-state index contributed by atoms with van der Waals surface area (Å²) in [6.45, 7) is 5.84. The third kappa shape index (κ3) is 2.56. The number of fused-ring (bicyclic) bond motifs is 1. The van der Waals surface area contributed by atoms with Crippen LogP contribution in [-0.2, 0) is 12.7 Å². The highest BCUT2D eigenvalue weighted by molar-refractivity contribution is 5.25. The summed E-state index contributed by atoms with van der Waals surface area (Å²) in [7, 11) is 0. The Labute approximate surface area is 117 Å². The first kappa shape index (κ1) is 13.9. The second kappa shape index (κ2) is 5.04. The minimum Gasteiger partial charge on any atom is -0.316 e. The smallest absolute Gasteiger partial charge is 0.316 e. The lowest BCUT2D eigenvalue weighted by molar-refractivity contribution is -0.137. The minimum absolute atomic E-state index is 0.435. The topological polar surface area (TPSA) is 15.3 Å². The van der Waals surface area contributed by atoms with Gasteiger partial charge in [0.2, 0.25) is 0 Å². The highest BCUT2D eigenvalue weighted by Gasteiger charge is 2.41. The summed E-state index contributed by atoms with van der Waals surface area (Å²) < 4.78 is 38.2. The average molecular weight is 284 g/mol. The maximum Gasteiger partial charge on any atom is 0.416 e. The Morgan fingerprint density at radius 2 is 2.10 bits per heavy atom. The van der Waals surface area contributed by atoms with Gasteiger partial charge >= 0.3 is 6.18 Å². The molecule has 0 aromatic heterocycles. The highest BCUT2D eigenvalue weighted by Crippen LogP contribution is 2.34. The van der Waals surface area contributed by atoms with Gasteiger partial charge in [-0.15, -0.1) is 0 Å². The molecular formula is C15H19F3N2. The maximum absolute atomic E-state index is 12.7. The van der Waals surface area contributed by atoms with Crippen molar-refractivity contribution < 1.29 is 13.2 Å². The summed E-state index contributed by atoms with van der Waals surface area (Å²) in [5.74, 6) is 1.29. The molecule has 2 heterocycles. The van der Waals surface area contributed by atoms with E-state index in [0.717, 1.165) is 31.3 Å². The summed E-state index contributed by atoms with van der Waals surface area (Å²) in [5.41, 5.74) is 0.198. The Morgan fingerprint density at radius 1 is 1.30 bits per heavy atom. The van der Waals surface area contributed by atoms with Crippen LogP contribution in [0.5, 0.6) is 0 Å². The molecule has 2 saturated heterocycles. The molecule has 1 aromatic rings. The molecule has 2 nitrogen and oxygen atoms in total. The molecule has 5 heteroatoms. The Kier molecular flexibility index (Phi) is 3.50. The Balaban J connectivity index is 1.72. The first-order chi connectivity index (χ1) is 9.45. The zero-order valence-electron chi connectivity index (χ0n) is 11.5. The van der Waals surface area contributed by atoms with Crippen molar-refractivity contribution in [1.82, 2.24) is 10.2 Å². The first-order valence-corrected chi connectivity index (χ1v) is 7.06. The van der Waals surface area contributed by atoms with Gasteiger partial charge in [-0.2, -0.15) is 13.2 Å². The number of likely N-dealkylation sites (tertiary alicyclic amines) is 1. The van der Waals surface area contributed by atoms with Crippen LogP contribution in [-0.4, -0.2) is 30.6 Å². The summed E-state index contributed by atoms with van der Waals surface area (Å²) in [6, 6.07) is 6.13. The molecule has 0 spiro atoms. The van der Waals surface area contributed by atoms with Crippen LogP contribution in [0.25, 0.3) is 0 Å². The van der Waals surface area contributed by atoms with Crippen LogP contribution in [0.2, 0.25) is 0 Å². The van der Waals surface area contributed by atoms with Crippen molar-refractivity contribution in [3.8, 4) is 0 Å². The van der Waals surface area contributed by atoms with E-state index in [1.165, 1.54) is 12.1 Å². The lowest BCUT2D eigenvalue weighted by Gasteiger charge is -2.24. The molecule has 3 atom stereocenters. The second-order valence-corrected chi connectivity index (χ2v) is 5.95.